The molecule has 96 valence electrons. The fourth-order valence-corrected chi connectivity index (χ4v) is 1.79. The van der Waals surface area contributed by atoms with E-state index in [1.807, 2.05) is 6.92 Å². The number of nitrogens with zero attached hydrogens (tertiary/aromatic N) is 2. The second kappa shape index (κ2) is 7.04. The number of unbranched alkanes of at least 4 members (excludes halogenated alkanes) is 1. The van der Waals surface area contributed by atoms with Gasteiger partial charge in [0.2, 0.25) is 5.91 Å². The number of carbonyl (C=O) groups excluding carboxylic acids is 1. The Kier molecular flexibility index (Phi) is 5.66. The average molecular weight is 238 g/mol. The SMILES string of the molecule is CCCCC(CC)C(=O)NC(C)c1ncn[nH]1. The smallest absolute Gasteiger partial charge is 0.223 e. The van der Waals surface area contributed by atoms with Crippen LogP contribution in [-0.2, 0) is 4.79 Å². The molecule has 0 saturated carbocycles. The number of rotatable bonds is 7. The Morgan fingerprint density at radius 3 is 2.82 bits per heavy atom. The van der Waals surface area contributed by atoms with Crippen LogP contribution in [0.15, 0.2) is 6.33 Å². The van der Waals surface area contributed by atoms with E-state index >= 15 is 0 Å². The van der Waals surface area contributed by atoms with Gasteiger partial charge >= 0.3 is 0 Å². The van der Waals surface area contributed by atoms with Crippen molar-refractivity contribution in [3.8, 4) is 0 Å². The Morgan fingerprint density at radius 2 is 2.29 bits per heavy atom. The number of hydrogen-bond acceptors (Lipinski definition) is 3. The van der Waals surface area contributed by atoms with Crippen molar-refractivity contribution in [3.05, 3.63) is 12.2 Å². The van der Waals surface area contributed by atoms with E-state index in [2.05, 4.69) is 34.3 Å². The van der Waals surface area contributed by atoms with Gasteiger partial charge in [0.15, 0.2) is 0 Å². The van der Waals surface area contributed by atoms with Gasteiger partial charge in [-0.15, -0.1) is 0 Å². The number of H-pyrrole nitrogens is 1. The second-order valence-electron chi connectivity index (χ2n) is 4.35. The molecule has 5 heteroatoms. The van der Waals surface area contributed by atoms with Gasteiger partial charge in [-0.2, -0.15) is 5.10 Å². The maximum atomic E-state index is 12.0. The number of carbonyl (C=O) groups is 1. The van der Waals surface area contributed by atoms with Crippen molar-refractivity contribution < 1.29 is 4.79 Å². The molecule has 2 N–H and O–H groups in total. The zero-order chi connectivity index (χ0) is 12.7. The van der Waals surface area contributed by atoms with Crippen LogP contribution in [0, 0.1) is 5.92 Å². The first kappa shape index (κ1) is 13.7. The van der Waals surface area contributed by atoms with Gasteiger partial charge in [0.25, 0.3) is 0 Å². The molecule has 0 aliphatic carbocycles. The van der Waals surface area contributed by atoms with Gasteiger partial charge in [0, 0.05) is 5.92 Å². The molecule has 17 heavy (non-hydrogen) atoms. The maximum Gasteiger partial charge on any atom is 0.223 e. The molecule has 0 spiro atoms. The molecule has 2 atom stereocenters. The molecule has 0 bridgehead atoms. The number of nitrogens with one attached hydrogen (secondary N) is 2. The summed E-state index contributed by atoms with van der Waals surface area (Å²) < 4.78 is 0. The lowest BCUT2D eigenvalue weighted by Gasteiger charge is -2.17. The number of aromatic nitrogens is 3. The first-order valence-electron chi connectivity index (χ1n) is 6.34. The summed E-state index contributed by atoms with van der Waals surface area (Å²) in [5.74, 6) is 0.925. The number of amides is 1. The Hall–Kier alpha value is -1.39. The van der Waals surface area contributed by atoms with Gasteiger partial charge in [-0.05, 0) is 19.8 Å². The topological polar surface area (TPSA) is 70.7 Å². The molecule has 1 rings (SSSR count). The normalized spacial score (nSPS) is 14.3. The van der Waals surface area contributed by atoms with Crippen LogP contribution in [-0.4, -0.2) is 21.1 Å². The molecule has 1 heterocycles. The minimum Gasteiger partial charge on any atom is -0.346 e. The Bertz CT molecular complexity index is 323. The predicted molar refractivity (Wildman–Crippen MR) is 66.2 cm³/mol. The highest BCUT2D eigenvalue weighted by atomic mass is 16.1. The lowest BCUT2D eigenvalue weighted by molar-refractivity contribution is -0.126. The average Bonchev–Trinajstić information content (AvgIpc) is 2.83. The molecule has 0 saturated heterocycles. The summed E-state index contributed by atoms with van der Waals surface area (Å²) in [5.41, 5.74) is 0. The van der Waals surface area contributed by atoms with Crippen molar-refractivity contribution >= 4 is 5.91 Å². The van der Waals surface area contributed by atoms with Crippen LogP contribution in [0.25, 0.3) is 0 Å². The van der Waals surface area contributed by atoms with Gasteiger partial charge in [-0.1, -0.05) is 26.7 Å². The summed E-state index contributed by atoms with van der Waals surface area (Å²) in [6.45, 7) is 6.10. The maximum absolute atomic E-state index is 12.0. The first-order valence-corrected chi connectivity index (χ1v) is 6.34. The monoisotopic (exact) mass is 238 g/mol. The van der Waals surface area contributed by atoms with Crippen molar-refractivity contribution in [2.24, 2.45) is 5.92 Å². The predicted octanol–water partition coefficient (Wildman–Crippen LogP) is 2.20. The van der Waals surface area contributed by atoms with Gasteiger partial charge in [0.05, 0.1) is 6.04 Å². The van der Waals surface area contributed by atoms with E-state index in [0.717, 1.165) is 25.7 Å². The van der Waals surface area contributed by atoms with Crippen LogP contribution < -0.4 is 5.32 Å². The quantitative estimate of drug-likeness (QED) is 0.765. The fraction of sp³-hybridized carbons (Fsp3) is 0.750. The van der Waals surface area contributed by atoms with Crippen molar-refractivity contribution in [1.29, 1.82) is 0 Å². The van der Waals surface area contributed by atoms with Crippen LogP contribution in [0.2, 0.25) is 0 Å². The summed E-state index contributed by atoms with van der Waals surface area (Å²) in [4.78, 5) is 16.0. The van der Waals surface area contributed by atoms with E-state index in [1.54, 1.807) is 0 Å². The van der Waals surface area contributed by atoms with Gasteiger partial charge < -0.3 is 5.32 Å². The second-order valence-corrected chi connectivity index (χ2v) is 4.35. The highest BCUT2D eigenvalue weighted by molar-refractivity contribution is 5.78. The third-order valence-electron chi connectivity index (χ3n) is 2.97. The fourth-order valence-electron chi connectivity index (χ4n) is 1.79. The molecule has 5 nitrogen and oxygen atoms in total. The van der Waals surface area contributed by atoms with Crippen molar-refractivity contribution in [1.82, 2.24) is 20.5 Å². The zero-order valence-electron chi connectivity index (χ0n) is 10.9. The van der Waals surface area contributed by atoms with E-state index in [0.29, 0.717) is 5.82 Å². The lowest BCUT2D eigenvalue weighted by atomic mass is 9.98. The molecule has 1 aromatic heterocycles. The van der Waals surface area contributed by atoms with E-state index < -0.39 is 0 Å². The van der Waals surface area contributed by atoms with Gasteiger partial charge in [-0.25, -0.2) is 4.98 Å². The van der Waals surface area contributed by atoms with Gasteiger partial charge in [-0.3, -0.25) is 9.89 Å². The minimum absolute atomic E-state index is 0.110. The van der Waals surface area contributed by atoms with E-state index in [1.165, 1.54) is 6.33 Å². The molecule has 0 aliphatic heterocycles. The minimum atomic E-state index is -0.110. The third kappa shape index (κ3) is 4.17. The lowest BCUT2D eigenvalue weighted by Crippen LogP contribution is -2.33. The van der Waals surface area contributed by atoms with E-state index in [-0.39, 0.29) is 17.9 Å². The van der Waals surface area contributed by atoms with Crippen molar-refractivity contribution in [2.45, 2.75) is 52.5 Å². The molecule has 1 amide bonds. The molecule has 1 aromatic rings. The highest BCUT2D eigenvalue weighted by Crippen LogP contribution is 2.14. The molecule has 2 unspecified atom stereocenters. The van der Waals surface area contributed by atoms with Crippen LogP contribution >= 0.6 is 0 Å². The highest BCUT2D eigenvalue weighted by Gasteiger charge is 2.19. The summed E-state index contributed by atoms with van der Waals surface area (Å²) in [5, 5.41) is 9.51. The standard InChI is InChI=1S/C12H22N4O/c1-4-6-7-10(5-2)12(17)15-9(3)11-13-8-14-16-11/h8-10H,4-7H2,1-3H3,(H,15,17)(H,13,14,16). The largest absolute Gasteiger partial charge is 0.346 e. The van der Waals surface area contributed by atoms with Crippen LogP contribution in [0.4, 0.5) is 0 Å². The van der Waals surface area contributed by atoms with Crippen molar-refractivity contribution in [2.75, 3.05) is 0 Å². The molecule has 0 radical (unpaired) electrons. The van der Waals surface area contributed by atoms with Crippen LogP contribution in [0.1, 0.15) is 58.3 Å². The summed E-state index contributed by atoms with van der Waals surface area (Å²) in [7, 11) is 0. The van der Waals surface area contributed by atoms with E-state index in [9.17, 15) is 4.79 Å². The molecular formula is C12H22N4O. The molecular weight excluding hydrogens is 216 g/mol. The van der Waals surface area contributed by atoms with E-state index in [4.69, 9.17) is 0 Å². The number of hydrogen-bond donors (Lipinski definition) is 2. The van der Waals surface area contributed by atoms with Crippen molar-refractivity contribution in [3.63, 3.8) is 0 Å². The Morgan fingerprint density at radius 1 is 1.53 bits per heavy atom. The summed E-state index contributed by atoms with van der Waals surface area (Å²) in [6.07, 6.45) is 5.52. The third-order valence-corrected chi connectivity index (χ3v) is 2.97. The Labute approximate surface area is 102 Å². The summed E-state index contributed by atoms with van der Waals surface area (Å²) >= 11 is 0. The van der Waals surface area contributed by atoms with Gasteiger partial charge in [0.1, 0.15) is 12.2 Å². The zero-order valence-corrected chi connectivity index (χ0v) is 10.9. The van der Waals surface area contributed by atoms with Crippen LogP contribution in [0.5, 0.6) is 0 Å². The van der Waals surface area contributed by atoms with Crippen LogP contribution in [0.3, 0.4) is 0 Å². The molecule has 0 aliphatic rings. The molecule has 0 fully saturated rings. The first-order chi connectivity index (χ1) is 8.19. The number of aromatic amines is 1. The molecule has 0 aromatic carbocycles. The summed E-state index contributed by atoms with van der Waals surface area (Å²) in [6, 6.07) is -0.110. The Balaban J connectivity index is 2.46.